The fourth-order valence-electron chi connectivity index (χ4n) is 0.861. The molecule has 0 fully saturated rings. The van der Waals surface area contributed by atoms with Crippen molar-refractivity contribution in [2.75, 3.05) is 12.8 Å². The zero-order valence-corrected chi connectivity index (χ0v) is 6.53. The number of rotatable bonds is 2. The maximum absolute atomic E-state index is 10.3. The largest absolute Gasteiger partial charge is 0.545 e. The molecular weight excluding hydrogens is 158 g/mol. The van der Waals surface area contributed by atoms with Gasteiger partial charge in [-0.2, -0.15) is 0 Å². The molecule has 0 heterocycles. The number of anilines is 1. The number of ether oxygens (including phenoxy) is 1. The summed E-state index contributed by atoms with van der Waals surface area (Å²) >= 11 is 0. The monoisotopic (exact) mass is 166 g/mol. The van der Waals surface area contributed by atoms with Crippen molar-refractivity contribution >= 4 is 11.7 Å². The van der Waals surface area contributed by atoms with Gasteiger partial charge in [0.1, 0.15) is 5.75 Å². The van der Waals surface area contributed by atoms with E-state index in [1.165, 1.54) is 25.3 Å². The highest BCUT2D eigenvalue weighted by molar-refractivity contribution is 5.87. The highest BCUT2D eigenvalue weighted by atomic mass is 16.5. The molecule has 0 saturated heterocycles. The first-order valence-electron chi connectivity index (χ1n) is 3.30. The first kappa shape index (κ1) is 8.39. The minimum atomic E-state index is -1.25. The smallest absolute Gasteiger partial charge is 0.141 e. The Morgan fingerprint density at radius 3 is 2.67 bits per heavy atom. The van der Waals surface area contributed by atoms with Crippen molar-refractivity contribution in [2.45, 2.75) is 0 Å². The summed E-state index contributed by atoms with van der Waals surface area (Å²) in [7, 11) is 1.46. The van der Waals surface area contributed by atoms with E-state index < -0.39 is 5.97 Å². The molecular formula is C8H8NO3-. The molecule has 4 heteroatoms. The molecule has 2 N–H and O–H groups in total. The van der Waals surface area contributed by atoms with Crippen LogP contribution in [0.3, 0.4) is 0 Å². The van der Waals surface area contributed by atoms with Crippen LogP contribution in [-0.2, 0) is 0 Å². The summed E-state index contributed by atoms with van der Waals surface area (Å²) in [6.45, 7) is 0. The second-order valence-electron chi connectivity index (χ2n) is 2.24. The average Bonchev–Trinajstić information content (AvgIpc) is 2.04. The second kappa shape index (κ2) is 3.13. The van der Waals surface area contributed by atoms with Gasteiger partial charge in [-0.15, -0.1) is 0 Å². The number of benzene rings is 1. The van der Waals surface area contributed by atoms with Gasteiger partial charge in [-0.05, 0) is 23.8 Å². The van der Waals surface area contributed by atoms with Gasteiger partial charge in [0, 0.05) is 0 Å². The predicted molar refractivity (Wildman–Crippen MR) is 41.7 cm³/mol. The molecule has 0 radical (unpaired) electrons. The van der Waals surface area contributed by atoms with Gasteiger partial charge in [0.2, 0.25) is 0 Å². The molecule has 0 aliphatic rings. The van der Waals surface area contributed by atoms with Crippen molar-refractivity contribution in [1.29, 1.82) is 0 Å². The van der Waals surface area contributed by atoms with E-state index in [2.05, 4.69) is 0 Å². The zero-order valence-electron chi connectivity index (χ0n) is 6.53. The summed E-state index contributed by atoms with van der Waals surface area (Å²) in [4.78, 5) is 10.3. The van der Waals surface area contributed by atoms with E-state index in [-0.39, 0.29) is 5.56 Å². The van der Waals surface area contributed by atoms with Gasteiger partial charge in [-0.1, -0.05) is 0 Å². The first-order valence-corrected chi connectivity index (χ1v) is 3.30. The Morgan fingerprint density at radius 1 is 1.58 bits per heavy atom. The first-order chi connectivity index (χ1) is 5.65. The third-order valence-corrected chi connectivity index (χ3v) is 1.47. The lowest BCUT2D eigenvalue weighted by molar-refractivity contribution is -0.255. The Hall–Kier alpha value is -1.71. The fourth-order valence-corrected chi connectivity index (χ4v) is 0.861. The number of nitrogens with two attached hydrogens (primary N) is 1. The lowest BCUT2D eigenvalue weighted by Gasteiger charge is -2.06. The van der Waals surface area contributed by atoms with Crippen LogP contribution in [0.4, 0.5) is 5.69 Å². The van der Waals surface area contributed by atoms with Crippen molar-refractivity contribution in [3.63, 3.8) is 0 Å². The van der Waals surface area contributed by atoms with Gasteiger partial charge in [-0.25, -0.2) is 0 Å². The molecule has 4 nitrogen and oxygen atoms in total. The quantitative estimate of drug-likeness (QED) is 0.609. The van der Waals surface area contributed by atoms with Gasteiger partial charge in [0.05, 0.1) is 18.8 Å². The van der Waals surface area contributed by atoms with Crippen molar-refractivity contribution in [1.82, 2.24) is 0 Å². The highest BCUT2D eigenvalue weighted by Gasteiger charge is 2.00. The molecule has 0 aromatic heterocycles. The molecule has 12 heavy (non-hydrogen) atoms. The standard InChI is InChI=1S/C8H9NO3/c1-12-7-3-2-5(8(10)11)4-6(7)9/h2-4H,9H2,1H3,(H,10,11)/p-1. The molecule has 0 unspecified atom stereocenters. The summed E-state index contributed by atoms with van der Waals surface area (Å²) in [6.07, 6.45) is 0. The van der Waals surface area contributed by atoms with E-state index in [0.29, 0.717) is 11.4 Å². The lowest BCUT2D eigenvalue weighted by Crippen LogP contribution is -2.22. The van der Waals surface area contributed by atoms with E-state index in [9.17, 15) is 9.90 Å². The minimum Gasteiger partial charge on any atom is -0.545 e. The van der Waals surface area contributed by atoms with Crippen LogP contribution in [-0.4, -0.2) is 13.1 Å². The third-order valence-electron chi connectivity index (χ3n) is 1.47. The Kier molecular flexibility index (Phi) is 2.19. The molecule has 1 aromatic carbocycles. The fraction of sp³-hybridized carbons (Fsp3) is 0.125. The number of nitrogen functional groups attached to an aromatic ring is 1. The number of carbonyl (C=O) groups is 1. The van der Waals surface area contributed by atoms with Gasteiger partial charge in [0.25, 0.3) is 0 Å². The topological polar surface area (TPSA) is 75.4 Å². The second-order valence-corrected chi connectivity index (χ2v) is 2.24. The van der Waals surface area contributed by atoms with Gasteiger partial charge in [0.15, 0.2) is 0 Å². The number of hydrogen-bond donors (Lipinski definition) is 1. The number of methoxy groups -OCH3 is 1. The van der Waals surface area contributed by atoms with E-state index in [0.717, 1.165) is 0 Å². The number of carboxylic acids is 1. The van der Waals surface area contributed by atoms with Gasteiger partial charge >= 0.3 is 0 Å². The molecule has 0 aliphatic carbocycles. The lowest BCUT2D eigenvalue weighted by atomic mass is 10.2. The molecule has 0 amide bonds. The van der Waals surface area contributed by atoms with Crippen molar-refractivity contribution in [3.05, 3.63) is 23.8 Å². The summed E-state index contributed by atoms with van der Waals surface area (Å²) in [6, 6.07) is 4.17. The van der Waals surface area contributed by atoms with Gasteiger partial charge < -0.3 is 20.4 Å². The van der Waals surface area contributed by atoms with Crippen molar-refractivity contribution < 1.29 is 14.6 Å². The van der Waals surface area contributed by atoms with Crippen LogP contribution in [0.2, 0.25) is 0 Å². The van der Waals surface area contributed by atoms with Crippen LogP contribution in [0.5, 0.6) is 5.75 Å². The molecule has 64 valence electrons. The predicted octanol–water partition coefficient (Wildman–Crippen LogP) is -0.359. The number of carboxylic acid groups (broad SMARTS) is 1. The maximum atomic E-state index is 10.3. The minimum absolute atomic E-state index is 0.0494. The van der Waals surface area contributed by atoms with Crippen LogP contribution in [0.1, 0.15) is 10.4 Å². The normalized spacial score (nSPS) is 9.42. The van der Waals surface area contributed by atoms with Crippen LogP contribution >= 0.6 is 0 Å². The SMILES string of the molecule is COc1ccc(C(=O)[O-])cc1N. The molecule has 0 saturated carbocycles. The van der Waals surface area contributed by atoms with E-state index in [4.69, 9.17) is 10.5 Å². The van der Waals surface area contributed by atoms with Crippen molar-refractivity contribution in [2.24, 2.45) is 0 Å². The summed E-state index contributed by atoms with van der Waals surface area (Å²) < 4.78 is 4.84. The van der Waals surface area contributed by atoms with E-state index in [1.54, 1.807) is 0 Å². The van der Waals surface area contributed by atoms with Crippen LogP contribution in [0, 0.1) is 0 Å². The number of hydrogen-bond acceptors (Lipinski definition) is 4. The van der Waals surface area contributed by atoms with Crippen LogP contribution < -0.4 is 15.6 Å². The Bertz CT molecular complexity index is 309. The van der Waals surface area contributed by atoms with Crippen LogP contribution in [0.15, 0.2) is 18.2 Å². The Morgan fingerprint density at radius 2 is 2.25 bits per heavy atom. The molecule has 0 aliphatic heterocycles. The highest BCUT2D eigenvalue weighted by Crippen LogP contribution is 2.21. The van der Waals surface area contributed by atoms with E-state index >= 15 is 0 Å². The Balaban J connectivity index is 3.10. The maximum Gasteiger partial charge on any atom is 0.141 e. The summed E-state index contributed by atoms with van der Waals surface area (Å²) in [5.74, 6) is -0.788. The molecule has 0 atom stereocenters. The summed E-state index contributed by atoms with van der Waals surface area (Å²) in [5.41, 5.74) is 5.79. The van der Waals surface area contributed by atoms with E-state index in [1.807, 2.05) is 0 Å². The van der Waals surface area contributed by atoms with Crippen LogP contribution in [0.25, 0.3) is 0 Å². The number of aromatic carboxylic acids is 1. The molecule has 1 rings (SSSR count). The average molecular weight is 166 g/mol. The Labute approximate surface area is 69.6 Å². The molecule has 0 bridgehead atoms. The zero-order chi connectivity index (χ0) is 9.14. The number of carbonyl (C=O) groups excluding carboxylic acids is 1. The third kappa shape index (κ3) is 1.47. The molecule has 0 spiro atoms. The van der Waals surface area contributed by atoms with Gasteiger partial charge in [-0.3, -0.25) is 0 Å². The molecule has 1 aromatic rings. The van der Waals surface area contributed by atoms with Crippen molar-refractivity contribution in [3.8, 4) is 5.75 Å². The summed E-state index contributed by atoms with van der Waals surface area (Å²) in [5, 5.41) is 10.3.